The lowest BCUT2D eigenvalue weighted by Gasteiger charge is -2.15. The summed E-state index contributed by atoms with van der Waals surface area (Å²) in [5.41, 5.74) is 7.75. The zero-order valence-electron chi connectivity index (χ0n) is 10.9. The van der Waals surface area contributed by atoms with Gasteiger partial charge >= 0.3 is 0 Å². The van der Waals surface area contributed by atoms with Crippen LogP contribution in [0.4, 0.5) is 4.39 Å². The van der Waals surface area contributed by atoms with Crippen LogP contribution in [0.15, 0.2) is 45.3 Å². The van der Waals surface area contributed by atoms with Gasteiger partial charge < -0.3 is 10.5 Å². The summed E-state index contributed by atoms with van der Waals surface area (Å²) in [5.74, 6) is 0.458. The second-order valence-corrected chi connectivity index (χ2v) is 6.27. The van der Waals surface area contributed by atoms with E-state index in [1.807, 2.05) is 25.1 Å². The molecule has 0 radical (unpaired) electrons. The van der Waals surface area contributed by atoms with E-state index in [0.717, 1.165) is 21.3 Å². The standard InChI is InChI=1S/C15H14Br2FNO/c1-9(19)13-6-11(16)3-5-15(13)20-8-10-2-4-12(18)7-14(10)17/h2-7,9H,8,19H2,1H3. The smallest absolute Gasteiger partial charge is 0.124 e. The summed E-state index contributed by atoms with van der Waals surface area (Å²) in [6.45, 7) is 2.25. The molecule has 2 N–H and O–H groups in total. The van der Waals surface area contributed by atoms with Gasteiger partial charge in [0.25, 0.3) is 0 Å². The average molecular weight is 403 g/mol. The van der Waals surface area contributed by atoms with Gasteiger partial charge in [-0.15, -0.1) is 0 Å². The molecule has 0 saturated heterocycles. The van der Waals surface area contributed by atoms with Crippen molar-refractivity contribution >= 4 is 31.9 Å². The highest BCUT2D eigenvalue weighted by molar-refractivity contribution is 9.10. The van der Waals surface area contributed by atoms with E-state index in [9.17, 15) is 4.39 Å². The number of benzene rings is 2. The van der Waals surface area contributed by atoms with Crippen molar-refractivity contribution in [1.82, 2.24) is 0 Å². The molecule has 20 heavy (non-hydrogen) atoms. The van der Waals surface area contributed by atoms with Crippen LogP contribution < -0.4 is 10.5 Å². The van der Waals surface area contributed by atoms with E-state index in [1.54, 1.807) is 6.07 Å². The molecular weight excluding hydrogens is 389 g/mol. The summed E-state index contributed by atoms with van der Waals surface area (Å²) in [7, 11) is 0. The van der Waals surface area contributed by atoms with Gasteiger partial charge in [-0.05, 0) is 37.3 Å². The Kier molecular flexibility index (Phi) is 5.18. The van der Waals surface area contributed by atoms with Crippen LogP contribution in [-0.2, 0) is 6.61 Å². The number of halogens is 3. The molecule has 106 valence electrons. The molecule has 1 atom stereocenters. The average Bonchev–Trinajstić information content (AvgIpc) is 2.38. The maximum absolute atomic E-state index is 13.0. The molecule has 0 aliphatic carbocycles. The van der Waals surface area contributed by atoms with Crippen LogP contribution in [0, 0.1) is 5.82 Å². The normalized spacial score (nSPS) is 12.2. The van der Waals surface area contributed by atoms with Crippen LogP contribution in [0.5, 0.6) is 5.75 Å². The van der Waals surface area contributed by atoms with Gasteiger partial charge in [-0.1, -0.05) is 37.9 Å². The lowest BCUT2D eigenvalue weighted by atomic mass is 10.1. The number of hydrogen-bond acceptors (Lipinski definition) is 2. The fraction of sp³-hybridized carbons (Fsp3) is 0.200. The van der Waals surface area contributed by atoms with Crippen LogP contribution >= 0.6 is 31.9 Å². The molecular formula is C15H14Br2FNO. The van der Waals surface area contributed by atoms with Crippen LogP contribution in [0.1, 0.15) is 24.1 Å². The molecule has 0 heterocycles. The Morgan fingerprint density at radius 2 is 1.95 bits per heavy atom. The Morgan fingerprint density at radius 1 is 1.20 bits per heavy atom. The first-order chi connectivity index (χ1) is 9.47. The van der Waals surface area contributed by atoms with E-state index in [4.69, 9.17) is 10.5 Å². The molecule has 5 heteroatoms. The molecule has 2 nitrogen and oxygen atoms in total. The molecule has 0 saturated carbocycles. The summed E-state index contributed by atoms with van der Waals surface area (Å²) < 4.78 is 20.5. The Labute approximate surface area is 134 Å². The molecule has 0 aliphatic heterocycles. The van der Waals surface area contributed by atoms with Crippen molar-refractivity contribution in [3.63, 3.8) is 0 Å². The maximum Gasteiger partial charge on any atom is 0.124 e. The SMILES string of the molecule is CC(N)c1cc(Br)ccc1OCc1ccc(F)cc1Br. The Morgan fingerprint density at radius 3 is 2.60 bits per heavy atom. The first kappa shape index (κ1) is 15.5. The van der Waals surface area contributed by atoms with E-state index in [2.05, 4.69) is 31.9 Å². The van der Waals surface area contributed by atoms with Crippen molar-refractivity contribution in [2.24, 2.45) is 5.73 Å². The van der Waals surface area contributed by atoms with Gasteiger partial charge in [0, 0.05) is 26.1 Å². The van der Waals surface area contributed by atoms with E-state index in [-0.39, 0.29) is 11.9 Å². The third kappa shape index (κ3) is 3.81. The Balaban J connectivity index is 2.18. The number of ether oxygens (including phenoxy) is 1. The Hall–Kier alpha value is -0.910. The summed E-state index contributed by atoms with van der Waals surface area (Å²) in [4.78, 5) is 0. The van der Waals surface area contributed by atoms with Crippen molar-refractivity contribution in [1.29, 1.82) is 0 Å². The fourth-order valence-corrected chi connectivity index (χ4v) is 2.64. The summed E-state index contributed by atoms with van der Waals surface area (Å²) in [6.07, 6.45) is 0. The molecule has 0 amide bonds. The van der Waals surface area contributed by atoms with Crippen molar-refractivity contribution in [2.75, 3.05) is 0 Å². The van der Waals surface area contributed by atoms with Crippen molar-refractivity contribution in [3.05, 3.63) is 62.3 Å². The molecule has 2 aromatic rings. The predicted octanol–water partition coefficient (Wildman–Crippen LogP) is 4.95. The molecule has 2 aromatic carbocycles. The third-order valence-corrected chi connectivity index (χ3v) is 4.09. The lowest BCUT2D eigenvalue weighted by molar-refractivity contribution is 0.300. The zero-order chi connectivity index (χ0) is 14.7. The number of nitrogens with two attached hydrogens (primary N) is 1. The van der Waals surface area contributed by atoms with Crippen molar-refractivity contribution in [3.8, 4) is 5.75 Å². The minimum atomic E-state index is -0.277. The summed E-state index contributed by atoms with van der Waals surface area (Å²) in [5, 5.41) is 0. The Bertz CT molecular complexity index is 617. The summed E-state index contributed by atoms with van der Waals surface area (Å²) >= 11 is 6.75. The second-order valence-electron chi connectivity index (χ2n) is 4.50. The predicted molar refractivity (Wildman–Crippen MR) is 85.2 cm³/mol. The van der Waals surface area contributed by atoms with E-state index in [1.165, 1.54) is 12.1 Å². The number of rotatable bonds is 4. The van der Waals surface area contributed by atoms with Gasteiger partial charge in [-0.25, -0.2) is 4.39 Å². The molecule has 0 spiro atoms. The van der Waals surface area contributed by atoms with Gasteiger partial charge in [0.05, 0.1) is 0 Å². The van der Waals surface area contributed by atoms with E-state index >= 15 is 0 Å². The van der Waals surface area contributed by atoms with Gasteiger partial charge in [0.15, 0.2) is 0 Å². The van der Waals surface area contributed by atoms with E-state index in [0.29, 0.717) is 11.1 Å². The highest BCUT2D eigenvalue weighted by Crippen LogP contribution is 2.29. The third-order valence-electron chi connectivity index (χ3n) is 2.86. The summed E-state index contributed by atoms with van der Waals surface area (Å²) in [6, 6.07) is 10.1. The molecule has 2 rings (SSSR count). The van der Waals surface area contributed by atoms with Crippen LogP contribution in [0.25, 0.3) is 0 Å². The first-order valence-corrected chi connectivity index (χ1v) is 7.67. The largest absolute Gasteiger partial charge is 0.489 e. The fourth-order valence-electron chi connectivity index (χ4n) is 1.80. The molecule has 0 aliphatic rings. The number of hydrogen-bond donors (Lipinski definition) is 1. The first-order valence-electron chi connectivity index (χ1n) is 6.09. The van der Waals surface area contributed by atoms with Crippen LogP contribution in [-0.4, -0.2) is 0 Å². The minimum absolute atomic E-state index is 0.126. The maximum atomic E-state index is 13.0. The topological polar surface area (TPSA) is 35.2 Å². The molecule has 0 aromatic heterocycles. The second kappa shape index (κ2) is 6.70. The van der Waals surface area contributed by atoms with Gasteiger partial charge in [0.1, 0.15) is 18.2 Å². The molecule has 1 unspecified atom stereocenters. The van der Waals surface area contributed by atoms with E-state index < -0.39 is 0 Å². The van der Waals surface area contributed by atoms with Crippen molar-refractivity contribution in [2.45, 2.75) is 19.6 Å². The van der Waals surface area contributed by atoms with Gasteiger partial charge in [0.2, 0.25) is 0 Å². The van der Waals surface area contributed by atoms with Gasteiger partial charge in [-0.2, -0.15) is 0 Å². The highest BCUT2D eigenvalue weighted by atomic mass is 79.9. The highest BCUT2D eigenvalue weighted by Gasteiger charge is 2.10. The quantitative estimate of drug-likeness (QED) is 0.785. The molecule has 0 bridgehead atoms. The zero-order valence-corrected chi connectivity index (χ0v) is 14.0. The monoisotopic (exact) mass is 401 g/mol. The lowest BCUT2D eigenvalue weighted by Crippen LogP contribution is -2.08. The molecule has 0 fully saturated rings. The van der Waals surface area contributed by atoms with Crippen LogP contribution in [0.2, 0.25) is 0 Å². The van der Waals surface area contributed by atoms with Gasteiger partial charge in [-0.3, -0.25) is 0 Å². The van der Waals surface area contributed by atoms with Crippen LogP contribution in [0.3, 0.4) is 0 Å². The van der Waals surface area contributed by atoms with Crippen molar-refractivity contribution < 1.29 is 9.13 Å². The minimum Gasteiger partial charge on any atom is -0.489 e.